The molecule has 3 N–H and O–H groups in total. The lowest BCUT2D eigenvalue weighted by atomic mass is 9.76. The Morgan fingerprint density at radius 3 is 1.88 bits per heavy atom. The largest absolute Gasteiger partial charge is 0.462 e. The number of amides is 4. The van der Waals surface area contributed by atoms with Crippen LogP contribution in [0, 0.1) is 5.41 Å². The van der Waals surface area contributed by atoms with Crippen LogP contribution in [0.15, 0.2) is 48.5 Å². The molecule has 4 amide bonds. The van der Waals surface area contributed by atoms with Gasteiger partial charge >= 0.3 is 6.09 Å². The zero-order valence-corrected chi connectivity index (χ0v) is 31.8. The maximum atomic E-state index is 12.8. The van der Waals surface area contributed by atoms with Crippen LogP contribution in [0.2, 0.25) is 0 Å². The number of halogens is 1. The highest BCUT2D eigenvalue weighted by atomic mass is 35.5. The Morgan fingerprint density at radius 2 is 1.45 bits per heavy atom. The van der Waals surface area contributed by atoms with E-state index in [1.807, 2.05) is 6.07 Å². The number of hydrogen-bond donors (Lipinski definition) is 2. The molecule has 2 unspecified atom stereocenters. The molecule has 2 aromatic carbocycles. The first kappa shape index (κ1) is 41.3. The van der Waals surface area contributed by atoms with Crippen molar-refractivity contribution >= 4 is 46.9 Å². The van der Waals surface area contributed by atoms with Crippen molar-refractivity contribution in [2.45, 2.75) is 130 Å². The third kappa shape index (κ3) is 9.62. The van der Waals surface area contributed by atoms with Gasteiger partial charge in [0.15, 0.2) is 17.4 Å². The summed E-state index contributed by atoms with van der Waals surface area (Å²) in [5, 5.41) is 1.07. The maximum absolute atomic E-state index is 12.8. The molecule has 11 heteroatoms. The Kier molecular flexibility index (Phi) is 12.9. The van der Waals surface area contributed by atoms with Crippen molar-refractivity contribution in [2.75, 3.05) is 5.32 Å². The van der Waals surface area contributed by atoms with Gasteiger partial charge in [-0.3, -0.25) is 19.2 Å². The average molecular weight is 700 g/mol. The Labute approximate surface area is 296 Å². The summed E-state index contributed by atoms with van der Waals surface area (Å²) in [6, 6.07) is 13.1. The quantitative estimate of drug-likeness (QED) is 0.171. The topological polar surface area (TPSA) is 145 Å². The van der Waals surface area contributed by atoms with E-state index in [1.165, 1.54) is 19.4 Å². The monoisotopic (exact) mass is 699 g/mol. The molecule has 1 fully saturated rings. The number of para-hydroxylation sites is 1. The van der Waals surface area contributed by atoms with Gasteiger partial charge < -0.3 is 20.5 Å². The van der Waals surface area contributed by atoms with Crippen molar-refractivity contribution in [1.82, 2.24) is 4.90 Å². The van der Waals surface area contributed by atoms with Gasteiger partial charge in [0.1, 0.15) is 5.75 Å². The van der Waals surface area contributed by atoms with Crippen molar-refractivity contribution < 1.29 is 33.4 Å². The van der Waals surface area contributed by atoms with E-state index in [9.17, 15) is 24.0 Å². The third-order valence-electron chi connectivity index (χ3n) is 9.16. The van der Waals surface area contributed by atoms with E-state index < -0.39 is 51.7 Å². The molecule has 0 bridgehead atoms. The Balaban J connectivity index is 0.000000341. The van der Waals surface area contributed by atoms with E-state index in [-0.39, 0.29) is 10.8 Å². The van der Waals surface area contributed by atoms with Crippen LogP contribution in [-0.4, -0.2) is 51.2 Å². The third-order valence-corrected chi connectivity index (χ3v) is 9.69. The number of rotatable bonds is 12. The fourth-order valence-electron chi connectivity index (χ4n) is 4.84. The highest BCUT2D eigenvalue weighted by Crippen LogP contribution is 2.40. The molecule has 0 saturated carbocycles. The first-order chi connectivity index (χ1) is 22.4. The SMILES string of the molecule is CC(C)(C)C(=O)C(C(=O)Nc1ccccc1)N1C(=O)OC(C)(C)C1=O.CCC(Cl)(Oc1ccc(C(C)(C)CC)cc1C(C)(C)CC)C(N)=O. The minimum absolute atomic E-state index is 0.0730. The second-order valence-electron chi connectivity index (χ2n) is 15.2. The molecule has 10 nitrogen and oxygen atoms in total. The standard InChI is InChI=1S/C20H32ClNO2.C18H22N2O5/c1-8-18(4,5)14-11-12-16(15(13-14)19(6,7)9-2)24-20(21,10-3)17(22)23;1-17(2,3)13(21)12(14(22)19-11-9-7-6-8-10-11)20-15(23)18(4,5)25-16(20)24/h11-13H,8-10H2,1-7H3,(H2,22,23);6-10,12H,1-5H3,(H,19,22). The van der Waals surface area contributed by atoms with Gasteiger partial charge in [-0.1, -0.05) is 111 Å². The lowest BCUT2D eigenvalue weighted by Gasteiger charge is -2.33. The van der Waals surface area contributed by atoms with Crippen molar-refractivity contribution in [3.8, 4) is 5.75 Å². The number of nitrogens with zero attached hydrogens (tertiary/aromatic N) is 1. The second-order valence-corrected chi connectivity index (χ2v) is 15.8. The molecule has 1 aliphatic rings. The van der Waals surface area contributed by atoms with Crippen LogP contribution in [-0.2, 0) is 34.7 Å². The van der Waals surface area contributed by atoms with Gasteiger partial charge in [0.25, 0.3) is 22.8 Å². The summed E-state index contributed by atoms with van der Waals surface area (Å²) in [6.07, 6.45) is 1.28. The van der Waals surface area contributed by atoms with Gasteiger partial charge in [0, 0.05) is 23.1 Å². The molecule has 1 heterocycles. The molecule has 2 atom stereocenters. The van der Waals surface area contributed by atoms with Crippen molar-refractivity contribution in [1.29, 1.82) is 0 Å². The van der Waals surface area contributed by atoms with Gasteiger partial charge in [0.2, 0.25) is 0 Å². The van der Waals surface area contributed by atoms with Crippen LogP contribution in [0.25, 0.3) is 0 Å². The number of carbonyl (C=O) groups excluding carboxylic acids is 5. The fraction of sp³-hybridized carbons (Fsp3) is 0.553. The predicted molar refractivity (Wildman–Crippen MR) is 193 cm³/mol. The molecule has 0 aromatic heterocycles. The normalized spacial score (nSPS) is 16.5. The number of cyclic esters (lactones) is 1. The number of Topliss-reactive ketones (excluding diaryl/α,β-unsaturated/α-hetero) is 1. The number of nitrogens with one attached hydrogen (secondary N) is 1. The fourth-order valence-corrected chi connectivity index (χ4v) is 4.92. The van der Waals surface area contributed by atoms with Crippen molar-refractivity contribution in [3.63, 3.8) is 0 Å². The summed E-state index contributed by atoms with van der Waals surface area (Å²) >= 11 is 6.32. The van der Waals surface area contributed by atoms with Crippen LogP contribution >= 0.6 is 11.6 Å². The first-order valence-electron chi connectivity index (χ1n) is 16.7. The molecule has 1 aliphatic heterocycles. The van der Waals surface area contributed by atoms with Crippen LogP contribution in [0.1, 0.15) is 113 Å². The minimum Gasteiger partial charge on any atom is -0.462 e. The molecule has 2 aromatic rings. The second kappa shape index (κ2) is 15.3. The van der Waals surface area contributed by atoms with E-state index in [4.69, 9.17) is 26.8 Å². The van der Waals surface area contributed by atoms with Crippen LogP contribution in [0.4, 0.5) is 10.5 Å². The van der Waals surface area contributed by atoms with Crippen LogP contribution in [0.5, 0.6) is 5.75 Å². The molecular formula is C38H54ClN3O7. The highest BCUT2D eigenvalue weighted by Gasteiger charge is 2.55. The van der Waals surface area contributed by atoms with Gasteiger partial charge in [-0.2, -0.15) is 0 Å². The summed E-state index contributed by atoms with van der Waals surface area (Å²) in [7, 11) is 0. The van der Waals surface area contributed by atoms with E-state index in [1.54, 1.807) is 58.0 Å². The number of hydrogen-bond acceptors (Lipinski definition) is 7. The molecule has 49 heavy (non-hydrogen) atoms. The molecule has 0 radical (unpaired) electrons. The number of ketones is 1. The summed E-state index contributed by atoms with van der Waals surface area (Å²) in [5.74, 6) is -2.06. The first-order valence-corrected chi connectivity index (χ1v) is 17.1. The summed E-state index contributed by atoms with van der Waals surface area (Å²) in [4.78, 5) is 62.6. The maximum Gasteiger partial charge on any atom is 0.418 e. The molecule has 270 valence electrons. The lowest BCUT2D eigenvalue weighted by molar-refractivity contribution is -0.145. The van der Waals surface area contributed by atoms with Gasteiger partial charge in [-0.15, -0.1) is 0 Å². The minimum atomic E-state index is -1.60. The summed E-state index contributed by atoms with van der Waals surface area (Å²) in [6.45, 7) is 22.6. The number of nitrogens with two attached hydrogens (primary N) is 1. The predicted octanol–water partition coefficient (Wildman–Crippen LogP) is 7.64. The molecular weight excluding hydrogens is 646 g/mol. The van der Waals surface area contributed by atoms with E-state index in [0.29, 0.717) is 22.8 Å². The summed E-state index contributed by atoms with van der Waals surface area (Å²) in [5.41, 5.74) is 5.84. The van der Waals surface area contributed by atoms with Gasteiger partial charge in [-0.05, 0) is 61.3 Å². The van der Waals surface area contributed by atoms with E-state index >= 15 is 0 Å². The zero-order chi connectivity index (χ0) is 37.8. The van der Waals surface area contributed by atoms with Crippen LogP contribution < -0.4 is 15.8 Å². The number of carbonyl (C=O) groups is 5. The lowest BCUT2D eigenvalue weighted by Crippen LogP contribution is -2.55. The van der Waals surface area contributed by atoms with Crippen molar-refractivity contribution in [3.05, 3.63) is 59.7 Å². The Morgan fingerprint density at radius 1 is 0.898 bits per heavy atom. The van der Waals surface area contributed by atoms with E-state index in [0.717, 1.165) is 18.4 Å². The Hall–Kier alpha value is -3.92. The van der Waals surface area contributed by atoms with Crippen molar-refractivity contribution in [2.24, 2.45) is 11.1 Å². The highest BCUT2D eigenvalue weighted by molar-refractivity contribution is 6.33. The summed E-state index contributed by atoms with van der Waals surface area (Å²) < 4.78 is 10.9. The van der Waals surface area contributed by atoms with Crippen LogP contribution in [0.3, 0.4) is 0 Å². The molecule has 0 spiro atoms. The average Bonchev–Trinajstić information content (AvgIpc) is 3.22. The van der Waals surface area contributed by atoms with Gasteiger partial charge in [0.05, 0.1) is 0 Å². The van der Waals surface area contributed by atoms with Gasteiger partial charge in [-0.25, -0.2) is 9.69 Å². The number of alkyl halides is 1. The number of benzene rings is 2. The Bertz CT molecular complexity index is 1550. The molecule has 1 saturated heterocycles. The molecule has 0 aliphatic carbocycles. The molecule has 3 rings (SSSR count). The number of ether oxygens (including phenoxy) is 2. The number of anilines is 1. The zero-order valence-electron chi connectivity index (χ0n) is 31.1. The number of primary amides is 1. The number of imide groups is 1. The smallest absolute Gasteiger partial charge is 0.418 e. The van der Waals surface area contributed by atoms with E-state index in [2.05, 4.69) is 59.0 Å².